The van der Waals surface area contributed by atoms with Crippen molar-refractivity contribution in [1.29, 1.82) is 0 Å². The van der Waals surface area contributed by atoms with Crippen LogP contribution in [0.15, 0.2) is 34.7 Å². The van der Waals surface area contributed by atoms with Gasteiger partial charge in [0, 0.05) is 22.8 Å². The normalized spacial score (nSPS) is 51.0. The number of Topliss-reactive ketones (excluding diaryl/α,β-unsaturated/α-hetero) is 1. The van der Waals surface area contributed by atoms with E-state index in [0.29, 0.717) is 5.03 Å². The smallest absolute Gasteiger partial charge is 0.193 e. The predicted molar refractivity (Wildman–Crippen MR) is 113 cm³/mol. The third kappa shape index (κ3) is 2.39. The molecule has 3 fully saturated rings. The van der Waals surface area contributed by atoms with E-state index in [4.69, 9.17) is 21.1 Å². The summed E-state index contributed by atoms with van der Waals surface area (Å²) >= 11 is 6.09. The fourth-order valence-corrected chi connectivity index (χ4v) is 7.90. The Hall–Kier alpha value is -1.12. The Bertz CT molecular complexity index is 991. The number of rotatable bonds is 2. The monoisotopic (exact) mass is 470 g/mol. The van der Waals surface area contributed by atoms with Gasteiger partial charge < -0.3 is 19.7 Å². The fraction of sp³-hybridized carbons (Fsp3) is 0.708. The van der Waals surface area contributed by atoms with E-state index in [1.165, 1.54) is 12.2 Å². The van der Waals surface area contributed by atoms with Crippen LogP contribution in [0.1, 0.15) is 47.0 Å². The Balaban J connectivity index is 1.68. The van der Waals surface area contributed by atoms with Crippen molar-refractivity contribution in [2.24, 2.45) is 22.7 Å². The maximum absolute atomic E-state index is 17.2. The van der Waals surface area contributed by atoms with Crippen molar-refractivity contribution >= 4 is 17.4 Å². The summed E-state index contributed by atoms with van der Waals surface area (Å²) in [4.78, 5) is 13.2. The van der Waals surface area contributed by atoms with Gasteiger partial charge >= 0.3 is 0 Å². The number of hydrogen-bond donors (Lipinski definition) is 2. The zero-order chi connectivity index (χ0) is 23.5. The minimum absolute atomic E-state index is 0.0812. The molecule has 0 aromatic rings. The first-order chi connectivity index (χ1) is 14.8. The molecule has 2 N–H and O–H groups in total. The van der Waals surface area contributed by atoms with Gasteiger partial charge in [-0.2, -0.15) is 0 Å². The molecule has 0 amide bonds. The largest absolute Gasteiger partial charge is 0.390 e. The van der Waals surface area contributed by atoms with Gasteiger partial charge in [0.15, 0.2) is 22.8 Å². The van der Waals surface area contributed by atoms with Crippen LogP contribution in [-0.4, -0.2) is 51.9 Å². The average Bonchev–Trinajstić information content (AvgIpc) is 3.11. The summed E-state index contributed by atoms with van der Waals surface area (Å²) in [5.41, 5.74) is -6.02. The average molecular weight is 471 g/mol. The number of carbonyl (C=O) groups is 1. The number of allylic oxidation sites excluding steroid dienone is 6. The lowest BCUT2D eigenvalue weighted by atomic mass is 9.45. The lowest BCUT2D eigenvalue weighted by Gasteiger charge is -2.62. The lowest BCUT2D eigenvalue weighted by molar-refractivity contribution is -0.244. The quantitative estimate of drug-likeness (QED) is 0.640. The number of halogens is 3. The van der Waals surface area contributed by atoms with Gasteiger partial charge in [-0.15, -0.1) is 0 Å². The molecule has 0 unspecified atom stereocenters. The van der Waals surface area contributed by atoms with Crippen LogP contribution < -0.4 is 0 Å². The Labute approximate surface area is 191 Å². The second kappa shape index (κ2) is 6.51. The molecule has 0 bridgehead atoms. The van der Waals surface area contributed by atoms with Gasteiger partial charge in [0.2, 0.25) is 0 Å². The van der Waals surface area contributed by atoms with Gasteiger partial charge in [0.05, 0.1) is 17.6 Å². The highest BCUT2D eigenvalue weighted by Crippen LogP contribution is 2.72. The summed E-state index contributed by atoms with van der Waals surface area (Å²) in [5.74, 6) is -3.52. The van der Waals surface area contributed by atoms with Crippen molar-refractivity contribution in [2.75, 3.05) is 6.61 Å². The Morgan fingerprint density at radius 3 is 2.62 bits per heavy atom. The molecule has 176 valence electrons. The molecule has 1 aliphatic heterocycles. The maximum atomic E-state index is 17.2. The summed E-state index contributed by atoms with van der Waals surface area (Å²) in [6.07, 6.45) is 2.28. The number of aliphatic hydroxyl groups excluding tert-OH is 2. The van der Waals surface area contributed by atoms with E-state index in [0.717, 1.165) is 0 Å². The first-order valence-corrected chi connectivity index (χ1v) is 11.5. The number of ether oxygens (including phenoxy) is 2. The van der Waals surface area contributed by atoms with Crippen molar-refractivity contribution in [2.45, 2.75) is 76.2 Å². The number of carbonyl (C=O) groups excluding carboxylic acids is 1. The molecular weight excluding hydrogens is 442 g/mol. The van der Waals surface area contributed by atoms with E-state index >= 15 is 8.78 Å². The second-order valence-electron chi connectivity index (χ2n) is 10.9. The zero-order valence-electron chi connectivity index (χ0n) is 18.6. The van der Waals surface area contributed by atoms with E-state index < -0.39 is 70.1 Å². The summed E-state index contributed by atoms with van der Waals surface area (Å²) < 4.78 is 44.9. The second-order valence-corrected chi connectivity index (χ2v) is 11.3. The van der Waals surface area contributed by atoms with Crippen LogP contribution in [0.4, 0.5) is 8.78 Å². The maximum Gasteiger partial charge on any atom is 0.193 e. The molecule has 0 spiro atoms. The highest BCUT2D eigenvalue weighted by Gasteiger charge is 2.80. The molecule has 5 nitrogen and oxygen atoms in total. The Kier molecular flexibility index (Phi) is 4.61. The van der Waals surface area contributed by atoms with Crippen LogP contribution >= 0.6 is 11.6 Å². The van der Waals surface area contributed by atoms with Gasteiger partial charge in [-0.3, -0.25) is 4.79 Å². The number of alkyl halides is 1. The molecule has 32 heavy (non-hydrogen) atoms. The topological polar surface area (TPSA) is 76.0 Å². The number of ketones is 1. The van der Waals surface area contributed by atoms with Crippen LogP contribution in [0.2, 0.25) is 0 Å². The number of aliphatic hydroxyl groups is 2. The first-order valence-electron chi connectivity index (χ1n) is 11.1. The van der Waals surface area contributed by atoms with Gasteiger partial charge in [-0.1, -0.05) is 24.6 Å². The molecule has 1 heterocycles. The van der Waals surface area contributed by atoms with Crippen LogP contribution in [0.25, 0.3) is 0 Å². The van der Waals surface area contributed by atoms with Crippen LogP contribution in [-0.2, 0) is 14.3 Å². The van der Waals surface area contributed by atoms with Gasteiger partial charge in [0.25, 0.3) is 0 Å². The number of hydrogen-bond acceptors (Lipinski definition) is 5. The first kappa shape index (κ1) is 22.7. The van der Waals surface area contributed by atoms with E-state index in [1.54, 1.807) is 33.8 Å². The summed E-state index contributed by atoms with van der Waals surface area (Å²) in [5, 5.41) is 21.5. The summed E-state index contributed by atoms with van der Waals surface area (Å²) in [6, 6.07) is 0. The van der Waals surface area contributed by atoms with Gasteiger partial charge in [0.1, 0.15) is 12.4 Å². The third-order valence-corrected chi connectivity index (χ3v) is 9.25. The van der Waals surface area contributed by atoms with E-state index in [9.17, 15) is 15.0 Å². The van der Waals surface area contributed by atoms with Gasteiger partial charge in [-0.25, -0.2) is 8.78 Å². The summed E-state index contributed by atoms with van der Waals surface area (Å²) in [7, 11) is 0. The van der Waals surface area contributed by atoms with Crippen molar-refractivity contribution in [1.82, 2.24) is 0 Å². The molecule has 5 rings (SSSR count). The van der Waals surface area contributed by atoms with Crippen LogP contribution in [0.3, 0.4) is 0 Å². The third-order valence-electron chi connectivity index (χ3n) is 9.01. The molecule has 2 saturated carbocycles. The molecule has 8 heteroatoms. The van der Waals surface area contributed by atoms with E-state index in [-0.39, 0.29) is 24.8 Å². The highest BCUT2D eigenvalue weighted by molar-refractivity contribution is 6.31. The molecule has 0 aromatic heterocycles. The molecule has 0 aromatic carbocycles. The standard InChI is InChI=1S/C24H29ClF2O5/c1-20(2)31-19-9-13-14-8-16(26)15-7-12(25)5-6-21(15,3)23(14,27)17(29)10-22(13,4)24(19,32-20)18(30)11-28/h5-7,13-14,17,19,28-29H,8-11H2,1-4H3/t13-,14-,17-,19+,21-,22-,23-,24+/m0/s1. The number of fused-ring (bicyclic) bond motifs is 7. The minimum Gasteiger partial charge on any atom is -0.390 e. The van der Waals surface area contributed by atoms with Gasteiger partial charge in [-0.05, 0) is 57.3 Å². The Morgan fingerprint density at radius 2 is 1.97 bits per heavy atom. The van der Waals surface area contributed by atoms with Crippen molar-refractivity contribution < 1.29 is 33.3 Å². The van der Waals surface area contributed by atoms with Crippen LogP contribution in [0.5, 0.6) is 0 Å². The SMILES string of the molecule is CC1(C)O[C@@H]2C[C@H]3[C@@H]4CC(F)=C5C=C(Cl)C=C[C@]5(C)[C@@]4(F)[C@@H](O)C[C@]3(C)[C@]2(C(=O)CO)O1. The molecule has 4 aliphatic carbocycles. The molecule has 8 atom stereocenters. The molecule has 1 saturated heterocycles. The zero-order valence-corrected chi connectivity index (χ0v) is 19.4. The lowest BCUT2D eigenvalue weighted by Crippen LogP contribution is -2.69. The fourth-order valence-electron chi connectivity index (χ4n) is 7.73. The minimum atomic E-state index is -2.18. The van der Waals surface area contributed by atoms with Crippen molar-refractivity contribution in [3.05, 3.63) is 34.7 Å². The Morgan fingerprint density at radius 1 is 1.28 bits per heavy atom. The van der Waals surface area contributed by atoms with Crippen molar-refractivity contribution in [3.8, 4) is 0 Å². The predicted octanol–water partition coefficient (Wildman–Crippen LogP) is 3.88. The van der Waals surface area contributed by atoms with Crippen LogP contribution in [0, 0.1) is 22.7 Å². The molecule has 5 aliphatic rings. The summed E-state index contributed by atoms with van der Waals surface area (Å²) in [6.45, 7) is 5.99. The highest BCUT2D eigenvalue weighted by atomic mass is 35.5. The van der Waals surface area contributed by atoms with Crippen molar-refractivity contribution in [3.63, 3.8) is 0 Å². The molecule has 0 radical (unpaired) electrons. The van der Waals surface area contributed by atoms with E-state index in [2.05, 4.69) is 0 Å². The molecular formula is C24H29ClF2O5. The van der Waals surface area contributed by atoms with E-state index in [1.807, 2.05) is 0 Å².